The van der Waals surface area contributed by atoms with Crippen LogP contribution in [0.3, 0.4) is 0 Å². The van der Waals surface area contributed by atoms with Gasteiger partial charge >= 0.3 is 0 Å². The molecule has 0 radical (unpaired) electrons. The summed E-state index contributed by atoms with van der Waals surface area (Å²) in [5.74, 6) is 0.253. The topological polar surface area (TPSA) is 43.1 Å². The second-order valence-corrected chi connectivity index (χ2v) is 4.99. The largest absolute Gasteiger partial charge is 0.328 e. The van der Waals surface area contributed by atoms with E-state index in [4.69, 9.17) is 5.73 Å². The zero-order chi connectivity index (χ0) is 10.6. The van der Waals surface area contributed by atoms with Crippen LogP contribution in [0.1, 0.15) is 40.7 Å². The maximum absolute atomic E-state index is 11.6. The molecule has 1 atom stereocenters. The summed E-state index contributed by atoms with van der Waals surface area (Å²) in [6.07, 6.45) is 2.45. The molecule has 1 aromatic rings. The standard InChI is InChI=1S/C11H17NOS/c1-8(12)4-3-5-10(13)11-7-6-9(2)14-11/h6-8H,3-5,12H2,1-2H3. The molecule has 0 saturated heterocycles. The number of ketones is 1. The smallest absolute Gasteiger partial charge is 0.172 e. The van der Waals surface area contributed by atoms with Crippen LogP contribution in [0.5, 0.6) is 0 Å². The Morgan fingerprint density at radius 3 is 2.79 bits per heavy atom. The number of carbonyl (C=O) groups excluding carboxylic acids is 1. The van der Waals surface area contributed by atoms with Crippen molar-refractivity contribution in [1.82, 2.24) is 0 Å². The van der Waals surface area contributed by atoms with E-state index in [0.717, 1.165) is 17.7 Å². The zero-order valence-electron chi connectivity index (χ0n) is 8.75. The van der Waals surface area contributed by atoms with Crippen molar-refractivity contribution in [2.45, 2.75) is 39.2 Å². The molecule has 2 N–H and O–H groups in total. The van der Waals surface area contributed by atoms with Gasteiger partial charge in [0.1, 0.15) is 0 Å². The molecule has 0 bridgehead atoms. The lowest BCUT2D eigenvalue weighted by Gasteiger charge is -2.02. The van der Waals surface area contributed by atoms with E-state index in [1.54, 1.807) is 11.3 Å². The third kappa shape index (κ3) is 3.60. The summed E-state index contributed by atoms with van der Waals surface area (Å²) in [5.41, 5.74) is 5.61. The minimum absolute atomic E-state index is 0.202. The fraction of sp³-hybridized carbons (Fsp3) is 0.545. The second-order valence-electron chi connectivity index (χ2n) is 3.70. The lowest BCUT2D eigenvalue weighted by molar-refractivity contribution is 0.0983. The predicted molar refractivity (Wildman–Crippen MR) is 60.9 cm³/mol. The Morgan fingerprint density at radius 2 is 2.29 bits per heavy atom. The van der Waals surface area contributed by atoms with Gasteiger partial charge in [0.2, 0.25) is 0 Å². The van der Waals surface area contributed by atoms with Gasteiger partial charge in [0.25, 0.3) is 0 Å². The van der Waals surface area contributed by atoms with Crippen LogP contribution in [-0.2, 0) is 0 Å². The summed E-state index contributed by atoms with van der Waals surface area (Å²) >= 11 is 1.57. The van der Waals surface area contributed by atoms with Gasteiger partial charge < -0.3 is 5.73 Å². The number of hydrogen-bond acceptors (Lipinski definition) is 3. The highest BCUT2D eigenvalue weighted by Gasteiger charge is 2.07. The highest BCUT2D eigenvalue weighted by Crippen LogP contribution is 2.17. The van der Waals surface area contributed by atoms with Crippen LogP contribution < -0.4 is 5.73 Å². The molecule has 0 fully saturated rings. The van der Waals surface area contributed by atoms with E-state index in [1.165, 1.54) is 4.88 Å². The van der Waals surface area contributed by atoms with Crippen LogP contribution >= 0.6 is 11.3 Å². The zero-order valence-corrected chi connectivity index (χ0v) is 9.56. The maximum Gasteiger partial charge on any atom is 0.172 e. The van der Waals surface area contributed by atoms with Crippen LogP contribution in [0.2, 0.25) is 0 Å². The summed E-state index contributed by atoms with van der Waals surface area (Å²) in [7, 11) is 0. The predicted octanol–water partition coefficient (Wildman–Crippen LogP) is 2.76. The second kappa shape index (κ2) is 5.27. The van der Waals surface area contributed by atoms with Crippen LogP contribution in [0.25, 0.3) is 0 Å². The Kier molecular flexibility index (Phi) is 4.29. The van der Waals surface area contributed by atoms with Crippen LogP contribution in [0.4, 0.5) is 0 Å². The highest BCUT2D eigenvalue weighted by molar-refractivity contribution is 7.14. The number of thiophene rings is 1. The van der Waals surface area contributed by atoms with E-state index in [1.807, 2.05) is 26.0 Å². The quantitative estimate of drug-likeness (QED) is 0.761. The Bertz CT molecular complexity index is 304. The lowest BCUT2D eigenvalue weighted by Crippen LogP contribution is -2.14. The average molecular weight is 211 g/mol. The molecule has 78 valence electrons. The molecule has 0 aromatic carbocycles. The molecule has 0 aliphatic carbocycles. The summed E-state index contributed by atoms with van der Waals surface area (Å²) < 4.78 is 0. The monoisotopic (exact) mass is 211 g/mol. The molecular weight excluding hydrogens is 194 g/mol. The molecule has 0 amide bonds. The first-order valence-electron chi connectivity index (χ1n) is 4.95. The SMILES string of the molecule is Cc1ccc(C(=O)CCCC(C)N)s1. The van der Waals surface area contributed by atoms with Crippen molar-refractivity contribution in [3.8, 4) is 0 Å². The van der Waals surface area contributed by atoms with Crippen LogP contribution in [0, 0.1) is 6.92 Å². The van der Waals surface area contributed by atoms with Crippen molar-refractivity contribution in [1.29, 1.82) is 0 Å². The van der Waals surface area contributed by atoms with Crippen molar-refractivity contribution in [2.75, 3.05) is 0 Å². The van der Waals surface area contributed by atoms with Crippen LogP contribution in [0.15, 0.2) is 12.1 Å². The number of nitrogens with two attached hydrogens (primary N) is 1. The van der Waals surface area contributed by atoms with E-state index >= 15 is 0 Å². The number of rotatable bonds is 5. The van der Waals surface area contributed by atoms with Crippen molar-refractivity contribution < 1.29 is 4.79 Å². The van der Waals surface area contributed by atoms with E-state index in [2.05, 4.69) is 0 Å². The fourth-order valence-electron chi connectivity index (χ4n) is 1.29. The van der Waals surface area contributed by atoms with Gasteiger partial charge in [0.05, 0.1) is 4.88 Å². The molecule has 0 aliphatic heterocycles. The van der Waals surface area contributed by atoms with Gasteiger partial charge in [-0.15, -0.1) is 11.3 Å². The van der Waals surface area contributed by atoms with Gasteiger partial charge in [0, 0.05) is 17.3 Å². The maximum atomic E-state index is 11.6. The Balaban J connectivity index is 2.36. The van der Waals surface area contributed by atoms with Gasteiger partial charge in [-0.05, 0) is 38.8 Å². The molecule has 0 aliphatic rings. The summed E-state index contributed by atoms with van der Waals surface area (Å²) in [4.78, 5) is 13.7. The first-order chi connectivity index (χ1) is 6.59. The third-order valence-corrected chi connectivity index (χ3v) is 3.12. The van der Waals surface area contributed by atoms with Gasteiger partial charge in [-0.2, -0.15) is 0 Å². The molecule has 3 heteroatoms. The molecule has 1 unspecified atom stereocenters. The van der Waals surface area contributed by atoms with E-state index in [-0.39, 0.29) is 11.8 Å². The van der Waals surface area contributed by atoms with Crippen LogP contribution in [-0.4, -0.2) is 11.8 Å². The Morgan fingerprint density at radius 1 is 1.57 bits per heavy atom. The van der Waals surface area contributed by atoms with E-state index < -0.39 is 0 Å². The molecule has 14 heavy (non-hydrogen) atoms. The first kappa shape index (κ1) is 11.4. The molecule has 0 saturated carbocycles. The number of aryl methyl sites for hydroxylation is 1. The molecule has 1 heterocycles. The third-order valence-electron chi connectivity index (χ3n) is 2.08. The Hall–Kier alpha value is -0.670. The summed E-state index contributed by atoms with van der Waals surface area (Å²) in [5, 5.41) is 0. The molecule has 1 aromatic heterocycles. The van der Waals surface area contributed by atoms with Gasteiger partial charge in [-0.3, -0.25) is 4.79 Å². The highest BCUT2D eigenvalue weighted by atomic mass is 32.1. The fourth-order valence-corrected chi connectivity index (χ4v) is 2.13. The molecular formula is C11H17NOS. The van der Waals surface area contributed by atoms with Crippen molar-refractivity contribution >= 4 is 17.1 Å². The molecule has 2 nitrogen and oxygen atoms in total. The van der Waals surface area contributed by atoms with Crippen molar-refractivity contribution in [2.24, 2.45) is 5.73 Å². The number of Topliss-reactive ketones (excluding diaryl/α,β-unsaturated/α-hetero) is 1. The van der Waals surface area contributed by atoms with Crippen molar-refractivity contribution in [3.63, 3.8) is 0 Å². The minimum atomic E-state index is 0.202. The minimum Gasteiger partial charge on any atom is -0.328 e. The Labute approximate surface area is 89.1 Å². The normalized spacial score (nSPS) is 12.8. The van der Waals surface area contributed by atoms with E-state index in [0.29, 0.717) is 6.42 Å². The average Bonchev–Trinajstić information content (AvgIpc) is 2.51. The first-order valence-corrected chi connectivity index (χ1v) is 5.76. The van der Waals surface area contributed by atoms with Gasteiger partial charge in [-0.1, -0.05) is 0 Å². The number of carbonyl (C=O) groups is 1. The summed E-state index contributed by atoms with van der Waals surface area (Å²) in [6.45, 7) is 3.99. The van der Waals surface area contributed by atoms with Crippen molar-refractivity contribution in [3.05, 3.63) is 21.9 Å². The van der Waals surface area contributed by atoms with Gasteiger partial charge in [0.15, 0.2) is 5.78 Å². The molecule has 0 spiro atoms. The van der Waals surface area contributed by atoms with Gasteiger partial charge in [-0.25, -0.2) is 0 Å². The molecule has 1 rings (SSSR count). The van der Waals surface area contributed by atoms with E-state index in [9.17, 15) is 4.79 Å². The summed E-state index contributed by atoms with van der Waals surface area (Å²) in [6, 6.07) is 4.10. The number of hydrogen-bond donors (Lipinski definition) is 1. The lowest BCUT2D eigenvalue weighted by atomic mass is 10.1.